The number of nitrogens with zero attached hydrogens (tertiary/aromatic N) is 3. The first-order valence-corrected chi connectivity index (χ1v) is 9.70. The number of hydroxylamine groups is 2. The molecule has 2 aliphatic heterocycles. The van der Waals surface area contributed by atoms with Crippen molar-refractivity contribution in [3.63, 3.8) is 0 Å². The number of carbonyl (C=O) groups excluding carboxylic acids is 3. The zero-order valence-corrected chi connectivity index (χ0v) is 16.2. The van der Waals surface area contributed by atoms with Crippen molar-refractivity contribution in [3.8, 4) is 0 Å². The summed E-state index contributed by atoms with van der Waals surface area (Å²) in [6.45, 7) is 0.722. The van der Waals surface area contributed by atoms with Gasteiger partial charge in [-0.3, -0.25) is 19.3 Å². The molecule has 2 aromatic rings. The monoisotopic (exact) mass is 393 g/mol. The Kier molecular flexibility index (Phi) is 5.31. The molecule has 2 aliphatic rings. The van der Waals surface area contributed by atoms with E-state index < -0.39 is 6.04 Å². The van der Waals surface area contributed by atoms with Gasteiger partial charge in [0.1, 0.15) is 12.6 Å². The number of hydrogen-bond donors (Lipinski definition) is 0. The molecule has 0 radical (unpaired) electrons. The molecule has 4 amide bonds. The summed E-state index contributed by atoms with van der Waals surface area (Å²) >= 11 is 0. The number of rotatable bonds is 5. The molecule has 2 fully saturated rings. The fourth-order valence-electron chi connectivity index (χ4n) is 3.87. The van der Waals surface area contributed by atoms with Crippen molar-refractivity contribution in [2.24, 2.45) is 0 Å². The van der Waals surface area contributed by atoms with Crippen molar-refractivity contribution in [3.05, 3.63) is 71.8 Å². The van der Waals surface area contributed by atoms with Gasteiger partial charge in [-0.25, -0.2) is 4.79 Å². The van der Waals surface area contributed by atoms with Gasteiger partial charge in [0.05, 0.1) is 6.04 Å². The number of carbonyl (C=O) groups is 3. The summed E-state index contributed by atoms with van der Waals surface area (Å²) in [6, 6.07) is 17.2. The Morgan fingerprint density at radius 2 is 1.69 bits per heavy atom. The average molecular weight is 393 g/mol. The Labute approximate surface area is 169 Å². The number of amides is 4. The van der Waals surface area contributed by atoms with E-state index in [0.717, 1.165) is 10.5 Å². The molecule has 29 heavy (non-hydrogen) atoms. The van der Waals surface area contributed by atoms with E-state index in [4.69, 9.17) is 4.84 Å². The highest BCUT2D eigenvalue weighted by molar-refractivity contribution is 6.06. The molecule has 2 bridgehead atoms. The van der Waals surface area contributed by atoms with Crippen LogP contribution in [0.2, 0.25) is 0 Å². The number of benzene rings is 2. The van der Waals surface area contributed by atoms with Gasteiger partial charge in [-0.2, -0.15) is 5.06 Å². The number of imide groups is 1. The minimum Gasteiger partial charge on any atom is -0.309 e. The van der Waals surface area contributed by atoms with Crippen LogP contribution in [0.15, 0.2) is 60.7 Å². The van der Waals surface area contributed by atoms with Crippen LogP contribution in [0, 0.1) is 0 Å². The molecule has 2 atom stereocenters. The largest absolute Gasteiger partial charge is 0.345 e. The van der Waals surface area contributed by atoms with E-state index in [1.54, 1.807) is 24.3 Å². The van der Waals surface area contributed by atoms with Gasteiger partial charge in [-0.15, -0.1) is 0 Å². The summed E-state index contributed by atoms with van der Waals surface area (Å²) in [5, 5.41) is 1.39. The number of urea groups is 1. The normalized spacial score (nSPS) is 20.7. The lowest BCUT2D eigenvalue weighted by molar-refractivity contribution is -0.140. The molecule has 0 saturated carbocycles. The standard InChI is InChI=1S/C22H23N3O4/c1-23(20(26)17-10-6-3-7-11-17)21(27)19-13-12-18-14-24(19)22(28)25(18)29-15-16-8-4-2-5-9-16/h2-11,18-19H,12-15H2,1H3/t18?,19-/m0/s1. The van der Waals surface area contributed by atoms with Gasteiger partial charge < -0.3 is 4.90 Å². The van der Waals surface area contributed by atoms with Crippen LogP contribution in [0.5, 0.6) is 0 Å². The molecule has 2 aromatic carbocycles. The van der Waals surface area contributed by atoms with Crippen molar-refractivity contribution in [1.82, 2.24) is 14.9 Å². The van der Waals surface area contributed by atoms with E-state index in [2.05, 4.69) is 0 Å². The molecule has 7 heteroatoms. The first-order valence-electron chi connectivity index (χ1n) is 9.70. The number of hydrogen-bond acceptors (Lipinski definition) is 4. The van der Waals surface area contributed by atoms with Crippen LogP contribution >= 0.6 is 0 Å². The number of likely N-dealkylation sites (N-methyl/N-ethyl adjacent to an activating group) is 1. The Bertz CT molecular complexity index is 903. The second-order valence-corrected chi connectivity index (χ2v) is 7.34. The minimum absolute atomic E-state index is 0.0783. The zero-order chi connectivity index (χ0) is 20.4. The molecule has 2 heterocycles. The van der Waals surface area contributed by atoms with E-state index in [1.807, 2.05) is 36.4 Å². The second-order valence-electron chi connectivity index (χ2n) is 7.34. The van der Waals surface area contributed by atoms with Crippen molar-refractivity contribution in [2.75, 3.05) is 13.6 Å². The van der Waals surface area contributed by atoms with E-state index in [1.165, 1.54) is 17.0 Å². The Morgan fingerprint density at radius 3 is 2.38 bits per heavy atom. The van der Waals surface area contributed by atoms with E-state index >= 15 is 0 Å². The van der Waals surface area contributed by atoms with Gasteiger partial charge in [0, 0.05) is 19.2 Å². The molecule has 4 rings (SSSR count). The first-order chi connectivity index (χ1) is 14.1. The maximum absolute atomic E-state index is 13.0. The van der Waals surface area contributed by atoms with Crippen LogP contribution in [-0.2, 0) is 16.2 Å². The lowest BCUT2D eigenvalue weighted by Crippen LogP contribution is -2.51. The molecule has 1 unspecified atom stereocenters. The van der Waals surface area contributed by atoms with Gasteiger partial charge in [0.15, 0.2) is 0 Å². The van der Waals surface area contributed by atoms with Crippen LogP contribution in [0.4, 0.5) is 4.79 Å². The van der Waals surface area contributed by atoms with E-state index in [9.17, 15) is 14.4 Å². The van der Waals surface area contributed by atoms with Crippen molar-refractivity contribution < 1.29 is 19.2 Å². The van der Waals surface area contributed by atoms with Crippen molar-refractivity contribution in [1.29, 1.82) is 0 Å². The highest BCUT2D eigenvalue weighted by Gasteiger charge is 2.48. The van der Waals surface area contributed by atoms with Gasteiger partial charge in [-0.05, 0) is 30.5 Å². The fourth-order valence-corrected chi connectivity index (χ4v) is 3.87. The lowest BCUT2D eigenvalue weighted by Gasteiger charge is -2.31. The minimum atomic E-state index is -0.651. The van der Waals surface area contributed by atoms with Gasteiger partial charge in [0.2, 0.25) is 0 Å². The molecule has 0 aromatic heterocycles. The maximum atomic E-state index is 13.0. The summed E-state index contributed by atoms with van der Waals surface area (Å²) in [5.41, 5.74) is 1.41. The van der Waals surface area contributed by atoms with Gasteiger partial charge in [-0.1, -0.05) is 48.5 Å². The predicted octanol–water partition coefficient (Wildman–Crippen LogP) is 2.69. The summed E-state index contributed by atoms with van der Waals surface area (Å²) in [7, 11) is 1.47. The number of fused-ring (bicyclic) bond motifs is 2. The zero-order valence-electron chi connectivity index (χ0n) is 16.2. The third kappa shape index (κ3) is 3.73. The third-order valence-corrected chi connectivity index (χ3v) is 5.48. The maximum Gasteiger partial charge on any atom is 0.345 e. The quantitative estimate of drug-likeness (QED) is 0.733. The van der Waals surface area contributed by atoms with E-state index in [-0.39, 0.29) is 23.9 Å². The van der Waals surface area contributed by atoms with E-state index in [0.29, 0.717) is 31.6 Å². The molecule has 0 N–H and O–H groups in total. The smallest absolute Gasteiger partial charge is 0.309 e. The summed E-state index contributed by atoms with van der Waals surface area (Å²) in [6.07, 6.45) is 1.16. The first kappa shape index (κ1) is 19.1. The summed E-state index contributed by atoms with van der Waals surface area (Å²) in [4.78, 5) is 46.9. The van der Waals surface area contributed by atoms with Crippen LogP contribution in [0.1, 0.15) is 28.8 Å². The molecule has 0 spiro atoms. The van der Waals surface area contributed by atoms with Crippen LogP contribution < -0.4 is 0 Å². The molecular formula is C22H23N3O4. The Balaban J connectivity index is 1.42. The fraction of sp³-hybridized carbons (Fsp3) is 0.318. The van der Waals surface area contributed by atoms with Crippen LogP contribution in [-0.4, -0.2) is 58.4 Å². The number of piperidine rings is 1. The third-order valence-electron chi connectivity index (χ3n) is 5.48. The molecule has 0 aliphatic carbocycles. The Hall–Kier alpha value is -3.19. The van der Waals surface area contributed by atoms with Crippen molar-refractivity contribution in [2.45, 2.75) is 31.5 Å². The van der Waals surface area contributed by atoms with Crippen LogP contribution in [0.3, 0.4) is 0 Å². The predicted molar refractivity (Wildman–Crippen MR) is 106 cm³/mol. The average Bonchev–Trinajstić information content (AvgIpc) is 3.01. The highest BCUT2D eigenvalue weighted by Crippen LogP contribution is 2.31. The topological polar surface area (TPSA) is 70.2 Å². The highest BCUT2D eigenvalue weighted by atomic mass is 16.7. The van der Waals surface area contributed by atoms with Crippen LogP contribution in [0.25, 0.3) is 0 Å². The molecular weight excluding hydrogens is 370 g/mol. The summed E-state index contributed by atoms with van der Waals surface area (Å²) < 4.78 is 0. The van der Waals surface area contributed by atoms with Gasteiger partial charge >= 0.3 is 6.03 Å². The second kappa shape index (κ2) is 8.05. The molecule has 2 saturated heterocycles. The Morgan fingerprint density at radius 1 is 1.03 bits per heavy atom. The molecule has 150 valence electrons. The summed E-state index contributed by atoms with van der Waals surface area (Å²) in [5.74, 6) is -0.739. The van der Waals surface area contributed by atoms with Crippen molar-refractivity contribution >= 4 is 17.8 Å². The lowest BCUT2D eigenvalue weighted by atomic mass is 9.99. The van der Waals surface area contributed by atoms with Gasteiger partial charge in [0.25, 0.3) is 11.8 Å². The molecule has 7 nitrogen and oxygen atoms in total. The SMILES string of the molecule is CN(C(=O)c1ccccc1)C(=O)[C@@H]1CCC2CN1C(=O)N2OCc1ccccc1.